The Hall–Kier alpha value is -2.89. The third kappa shape index (κ3) is 3.96. The van der Waals surface area contributed by atoms with Gasteiger partial charge in [-0.05, 0) is 45.4 Å². The van der Waals surface area contributed by atoms with Crippen LogP contribution in [0.2, 0.25) is 0 Å². The first-order chi connectivity index (χ1) is 12.0. The van der Waals surface area contributed by atoms with Crippen LogP contribution in [-0.4, -0.2) is 27.2 Å². The maximum Gasteiger partial charge on any atom is 0.273 e. The largest absolute Gasteiger partial charge is 0.441 e. The molecule has 1 amide bonds. The first kappa shape index (κ1) is 17.0. The summed E-state index contributed by atoms with van der Waals surface area (Å²) < 4.78 is 7.58. The van der Waals surface area contributed by atoms with Gasteiger partial charge in [0, 0.05) is 24.3 Å². The second kappa shape index (κ2) is 7.34. The highest BCUT2D eigenvalue weighted by molar-refractivity contribution is 5.93. The van der Waals surface area contributed by atoms with Crippen molar-refractivity contribution < 1.29 is 9.21 Å². The summed E-state index contributed by atoms with van der Waals surface area (Å²) in [6, 6.07) is 11.6. The van der Waals surface area contributed by atoms with Crippen molar-refractivity contribution in [1.82, 2.24) is 20.1 Å². The van der Waals surface area contributed by atoms with Crippen LogP contribution in [0.4, 0.5) is 0 Å². The maximum atomic E-state index is 12.3. The van der Waals surface area contributed by atoms with Gasteiger partial charge in [-0.3, -0.25) is 9.48 Å². The number of benzene rings is 1. The molecule has 0 bridgehead atoms. The molecule has 1 aromatic carbocycles. The summed E-state index contributed by atoms with van der Waals surface area (Å²) in [6.07, 6.45) is 0.802. The molecule has 0 radical (unpaired) electrons. The highest BCUT2D eigenvalue weighted by Crippen LogP contribution is 2.21. The molecule has 25 heavy (non-hydrogen) atoms. The number of hydrogen-bond donors (Lipinski definition) is 1. The maximum absolute atomic E-state index is 12.3. The number of aryl methyl sites for hydroxylation is 4. The smallest absolute Gasteiger partial charge is 0.273 e. The van der Waals surface area contributed by atoms with E-state index in [0.29, 0.717) is 23.9 Å². The van der Waals surface area contributed by atoms with Crippen molar-refractivity contribution in [3.8, 4) is 11.5 Å². The average Bonchev–Trinajstić information content (AvgIpc) is 3.14. The highest BCUT2D eigenvalue weighted by Gasteiger charge is 2.17. The van der Waals surface area contributed by atoms with Gasteiger partial charge in [0.2, 0.25) is 5.89 Å². The Morgan fingerprint density at radius 2 is 1.96 bits per heavy atom. The van der Waals surface area contributed by atoms with Gasteiger partial charge in [-0.1, -0.05) is 18.2 Å². The van der Waals surface area contributed by atoms with E-state index in [9.17, 15) is 4.79 Å². The van der Waals surface area contributed by atoms with Crippen LogP contribution in [0.25, 0.3) is 11.5 Å². The lowest BCUT2D eigenvalue weighted by molar-refractivity contribution is 0.0946. The number of nitrogens with zero attached hydrogens (tertiary/aromatic N) is 3. The summed E-state index contributed by atoms with van der Waals surface area (Å²) in [5.74, 6) is 0.776. The fraction of sp³-hybridized carbons (Fsp3) is 0.316. The lowest BCUT2D eigenvalue weighted by atomic mass is 10.2. The summed E-state index contributed by atoms with van der Waals surface area (Å²) in [6.45, 7) is 7.09. The molecule has 0 atom stereocenters. The van der Waals surface area contributed by atoms with Crippen LogP contribution in [-0.2, 0) is 6.54 Å². The zero-order valence-corrected chi connectivity index (χ0v) is 14.7. The highest BCUT2D eigenvalue weighted by atomic mass is 16.4. The lowest BCUT2D eigenvalue weighted by Gasteiger charge is -2.05. The molecule has 130 valence electrons. The number of carbonyl (C=O) groups is 1. The van der Waals surface area contributed by atoms with E-state index in [0.717, 1.165) is 29.9 Å². The van der Waals surface area contributed by atoms with E-state index in [4.69, 9.17) is 4.42 Å². The van der Waals surface area contributed by atoms with E-state index in [2.05, 4.69) is 15.4 Å². The molecule has 0 aliphatic carbocycles. The predicted octanol–water partition coefficient (Wildman–Crippen LogP) is 3.28. The summed E-state index contributed by atoms with van der Waals surface area (Å²) in [5.41, 5.74) is 3.33. The Kier molecular flexibility index (Phi) is 4.97. The monoisotopic (exact) mass is 338 g/mol. The minimum atomic E-state index is -0.211. The SMILES string of the molecule is Cc1cc(C)n(CCCNC(=O)c2nc(-c3ccccc3)oc2C)n1. The second-order valence-corrected chi connectivity index (χ2v) is 6.05. The van der Waals surface area contributed by atoms with Crippen molar-refractivity contribution in [2.45, 2.75) is 33.7 Å². The second-order valence-electron chi connectivity index (χ2n) is 6.05. The zero-order valence-electron chi connectivity index (χ0n) is 14.7. The molecular formula is C19H22N4O2. The molecule has 0 spiro atoms. The van der Waals surface area contributed by atoms with Crippen molar-refractivity contribution in [3.63, 3.8) is 0 Å². The standard InChI is InChI=1S/C19H22N4O2/c1-13-12-14(2)23(22-13)11-7-10-20-18(24)17-15(3)25-19(21-17)16-8-5-4-6-9-16/h4-6,8-9,12H,7,10-11H2,1-3H3,(H,20,24). The van der Waals surface area contributed by atoms with Crippen LogP contribution >= 0.6 is 0 Å². The molecule has 0 aliphatic heterocycles. The molecule has 6 nitrogen and oxygen atoms in total. The van der Waals surface area contributed by atoms with Crippen molar-refractivity contribution >= 4 is 5.91 Å². The number of amides is 1. The number of nitrogens with one attached hydrogen (secondary N) is 1. The fourth-order valence-electron chi connectivity index (χ4n) is 2.73. The first-order valence-corrected chi connectivity index (χ1v) is 8.36. The van der Waals surface area contributed by atoms with E-state index in [1.165, 1.54) is 0 Å². The summed E-state index contributed by atoms with van der Waals surface area (Å²) in [5, 5.41) is 7.31. The van der Waals surface area contributed by atoms with E-state index >= 15 is 0 Å². The minimum Gasteiger partial charge on any atom is -0.441 e. The lowest BCUT2D eigenvalue weighted by Crippen LogP contribution is -2.26. The topological polar surface area (TPSA) is 73.0 Å². The molecule has 0 saturated carbocycles. The van der Waals surface area contributed by atoms with Crippen LogP contribution in [0, 0.1) is 20.8 Å². The van der Waals surface area contributed by atoms with E-state index in [-0.39, 0.29) is 5.91 Å². The third-order valence-electron chi connectivity index (χ3n) is 3.97. The van der Waals surface area contributed by atoms with Gasteiger partial charge < -0.3 is 9.73 Å². The van der Waals surface area contributed by atoms with E-state index < -0.39 is 0 Å². The van der Waals surface area contributed by atoms with E-state index in [1.807, 2.05) is 54.9 Å². The Balaban J connectivity index is 1.56. The minimum absolute atomic E-state index is 0.211. The van der Waals surface area contributed by atoms with Gasteiger partial charge in [-0.25, -0.2) is 4.98 Å². The molecule has 6 heteroatoms. The normalized spacial score (nSPS) is 10.8. The molecule has 0 saturated heterocycles. The Morgan fingerprint density at radius 3 is 2.64 bits per heavy atom. The van der Waals surface area contributed by atoms with Gasteiger partial charge in [0.05, 0.1) is 5.69 Å². The Morgan fingerprint density at radius 1 is 1.20 bits per heavy atom. The number of hydrogen-bond acceptors (Lipinski definition) is 4. The van der Waals surface area contributed by atoms with Gasteiger partial charge in [0.1, 0.15) is 5.76 Å². The van der Waals surface area contributed by atoms with Crippen LogP contribution in [0.15, 0.2) is 40.8 Å². The zero-order chi connectivity index (χ0) is 17.8. The van der Waals surface area contributed by atoms with Crippen molar-refractivity contribution in [1.29, 1.82) is 0 Å². The van der Waals surface area contributed by atoms with Crippen LogP contribution < -0.4 is 5.32 Å². The molecular weight excluding hydrogens is 316 g/mol. The molecule has 2 aromatic heterocycles. The quantitative estimate of drug-likeness (QED) is 0.700. The van der Waals surface area contributed by atoms with Crippen LogP contribution in [0.3, 0.4) is 0 Å². The molecule has 0 fully saturated rings. The molecule has 2 heterocycles. The fourth-order valence-corrected chi connectivity index (χ4v) is 2.73. The van der Waals surface area contributed by atoms with Crippen LogP contribution in [0.1, 0.15) is 34.1 Å². The van der Waals surface area contributed by atoms with Gasteiger partial charge in [-0.2, -0.15) is 5.10 Å². The van der Waals surface area contributed by atoms with Gasteiger partial charge in [0.25, 0.3) is 5.91 Å². The van der Waals surface area contributed by atoms with Gasteiger partial charge in [0.15, 0.2) is 5.69 Å². The number of aromatic nitrogens is 3. The molecule has 0 aliphatic rings. The number of oxazole rings is 1. The van der Waals surface area contributed by atoms with E-state index in [1.54, 1.807) is 6.92 Å². The third-order valence-corrected chi connectivity index (χ3v) is 3.97. The molecule has 3 rings (SSSR count). The molecule has 1 N–H and O–H groups in total. The Labute approximate surface area is 146 Å². The molecule has 3 aromatic rings. The summed E-state index contributed by atoms with van der Waals surface area (Å²) in [4.78, 5) is 16.7. The number of rotatable bonds is 6. The number of carbonyl (C=O) groups excluding carboxylic acids is 1. The first-order valence-electron chi connectivity index (χ1n) is 8.36. The Bertz CT molecular complexity index is 865. The van der Waals surface area contributed by atoms with Crippen molar-refractivity contribution in [2.24, 2.45) is 0 Å². The average molecular weight is 338 g/mol. The molecule has 0 unspecified atom stereocenters. The van der Waals surface area contributed by atoms with Gasteiger partial charge >= 0.3 is 0 Å². The van der Waals surface area contributed by atoms with Crippen LogP contribution in [0.5, 0.6) is 0 Å². The predicted molar refractivity (Wildman–Crippen MR) is 95.3 cm³/mol. The van der Waals surface area contributed by atoms with Crippen molar-refractivity contribution in [2.75, 3.05) is 6.54 Å². The summed E-state index contributed by atoms with van der Waals surface area (Å²) >= 11 is 0. The summed E-state index contributed by atoms with van der Waals surface area (Å²) in [7, 11) is 0. The van der Waals surface area contributed by atoms with Gasteiger partial charge in [-0.15, -0.1) is 0 Å². The van der Waals surface area contributed by atoms with Crippen molar-refractivity contribution in [3.05, 3.63) is 59.2 Å².